The molecule has 0 N–H and O–H groups in total. The fourth-order valence-electron chi connectivity index (χ4n) is 0.787. The molecule has 0 heterocycles. The third-order valence-electron chi connectivity index (χ3n) is 1.49. The molecule has 0 bridgehead atoms. The smallest absolute Gasteiger partial charge is 0.141 e. The van der Waals surface area contributed by atoms with Crippen molar-refractivity contribution in [2.24, 2.45) is 0 Å². The van der Waals surface area contributed by atoms with Gasteiger partial charge in [-0.05, 0) is 24.0 Å². The molecule has 0 atom stereocenters. The van der Waals surface area contributed by atoms with Crippen molar-refractivity contribution in [3.63, 3.8) is 0 Å². The molecule has 0 amide bonds. The first-order valence-electron chi connectivity index (χ1n) is 3.33. The standard InChI is InChI=1S/C9H8ClFS/c1-6(12-2)7-3-4-9(11)8(10)5-7/h3-5H,1H2,2H3. The summed E-state index contributed by atoms with van der Waals surface area (Å²) in [7, 11) is 0. The lowest BCUT2D eigenvalue weighted by atomic mass is 10.2. The second-order valence-electron chi connectivity index (χ2n) is 2.26. The summed E-state index contributed by atoms with van der Waals surface area (Å²) in [5.41, 5.74) is 0.869. The van der Waals surface area contributed by atoms with Crippen LogP contribution in [0.3, 0.4) is 0 Å². The molecule has 0 saturated carbocycles. The highest BCUT2D eigenvalue weighted by atomic mass is 35.5. The first kappa shape index (κ1) is 9.62. The van der Waals surface area contributed by atoms with Gasteiger partial charge in [0.15, 0.2) is 0 Å². The van der Waals surface area contributed by atoms with Crippen LogP contribution >= 0.6 is 23.4 Å². The van der Waals surface area contributed by atoms with E-state index in [2.05, 4.69) is 6.58 Å². The summed E-state index contributed by atoms with van der Waals surface area (Å²) in [5.74, 6) is -0.394. The number of halogens is 2. The number of hydrogen-bond acceptors (Lipinski definition) is 1. The van der Waals surface area contributed by atoms with Crippen LogP contribution in [0.5, 0.6) is 0 Å². The van der Waals surface area contributed by atoms with Gasteiger partial charge in [0, 0.05) is 4.91 Å². The van der Waals surface area contributed by atoms with Gasteiger partial charge in [-0.25, -0.2) is 4.39 Å². The van der Waals surface area contributed by atoms with Crippen LogP contribution in [0.25, 0.3) is 4.91 Å². The van der Waals surface area contributed by atoms with E-state index in [1.165, 1.54) is 17.8 Å². The van der Waals surface area contributed by atoms with Crippen LogP contribution in [0.2, 0.25) is 5.02 Å². The lowest BCUT2D eigenvalue weighted by Gasteiger charge is -2.02. The van der Waals surface area contributed by atoms with Crippen molar-refractivity contribution in [2.45, 2.75) is 0 Å². The van der Waals surface area contributed by atoms with E-state index in [1.54, 1.807) is 12.1 Å². The highest BCUT2D eigenvalue weighted by molar-refractivity contribution is 8.07. The minimum atomic E-state index is -0.394. The van der Waals surface area contributed by atoms with Gasteiger partial charge in [0.1, 0.15) is 5.82 Å². The third-order valence-corrected chi connectivity index (χ3v) is 2.51. The molecule has 0 aliphatic heterocycles. The van der Waals surface area contributed by atoms with E-state index in [0.717, 1.165) is 10.5 Å². The van der Waals surface area contributed by atoms with Gasteiger partial charge < -0.3 is 0 Å². The lowest BCUT2D eigenvalue weighted by Crippen LogP contribution is -1.81. The molecule has 3 heteroatoms. The monoisotopic (exact) mass is 202 g/mol. The Hall–Kier alpha value is -0.470. The second-order valence-corrected chi connectivity index (χ2v) is 3.56. The molecule has 0 radical (unpaired) electrons. The average molecular weight is 203 g/mol. The highest BCUT2D eigenvalue weighted by Gasteiger charge is 2.02. The maximum Gasteiger partial charge on any atom is 0.141 e. The molecule has 0 aromatic heterocycles. The predicted molar refractivity (Wildman–Crippen MR) is 54.0 cm³/mol. The van der Waals surface area contributed by atoms with Gasteiger partial charge in [0.25, 0.3) is 0 Å². The molecule has 0 spiro atoms. The van der Waals surface area contributed by atoms with Crippen LogP contribution in [-0.4, -0.2) is 6.26 Å². The van der Waals surface area contributed by atoms with E-state index < -0.39 is 5.82 Å². The fourth-order valence-corrected chi connectivity index (χ4v) is 1.33. The maximum absolute atomic E-state index is 12.7. The molecule has 64 valence electrons. The summed E-state index contributed by atoms with van der Waals surface area (Å²) in [6, 6.07) is 4.59. The Morgan fingerprint density at radius 1 is 1.58 bits per heavy atom. The molecule has 0 fully saturated rings. The van der Waals surface area contributed by atoms with Crippen molar-refractivity contribution in [1.29, 1.82) is 0 Å². The SMILES string of the molecule is C=C(SC)c1ccc(F)c(Cl)c1. The molecular weight excluding hydrogens is 195 g/mol. The Morgan fingerprint density at radius 3 is 2.75 bits per heavy atom. The summed E-state index contributed by atoms with van der Waals surface area (Å²) in [4.78, 5) is 0.886. The van der Waals surface area contributed by atoms with Crippen LogP contribution in [0, 0.1) is 5.82 Å². The molecule has 1 aromatic rings. The zero-order valence-electron chi connectivity index (χ0n) is 6.60. The van der Waals surface area contributed by atoms with E-state index >= 15 is 0 Å². The maximum atomic E-state index is 12.7. The van der Waals surface area contributed by atoms with Crippen LogP contribution in [0.1, 0.15) is 5.56 Å². The van der Waals surface area contributed by atoms with Gasteiger partial charge in [-0.15, -0.1) is 11.8 Å². The van der Waals surface area contributed by atoms with Crippen molar-refractivity contribution in [3.05, 3.63) is 41.2 Å². The Bertz CT molecular complexity index is 309. The summed E-state index contributed by atoms with van der Waals surface area (Å²) in [6.45, 7) is 3.80. The highest BCUT2D eigenvalue weighted by Crippen LogP contribution is 2.26. The van der Waals surface area contributed by atoms with Gasteiger partial charge in [0.2, 0.25) is 0 Å². The number of hydrogen-bond donors (Lipinski definition) is 0. The van der Waals surface area contributed by atoms with E-state index in [9.17, 15) is 4.39 Å². The van der Waals surface area contributed by atoms with Crippen LogP contribution < -0.4 is 0 Å². The second kappa shape index (κ2) is 3.97. The fraction of sp³-hybridized carbons (Fsp3) is 0.111. The van der Waals surface area contributed by atoms with Gasteiger partial charge in [-0.2, -0.15) is 0 Å². The minimum absolute atomic E-state index is 0.141. The first-order valence-corrected chi connectivity index (χ1v) is 4.93. The summed E-state index contributed by atoms with van der Waals surface area (Å²) >= 11 is 7.11. The van der Waals surface area contributed by atoms with Gasteiger partial charge in [-0.1, -0.05) is 24.2 Å². The van der Waals surface area contributed by atoms with Crippen molar-refractivity contribution >= 4 is 28.3 Å². The Balaban J connectivity index is 3.05. The van der Waals surface area contributed by atoms with Gasteiger partial charge in [-0.3, -0.25) is 0 Å². The predicted octanol–water partition coefficient (Wildman–Crippen LogP) is 3.81. The number of thioether (sulfide) groups is 1. The van der Waals surface area contributed by atoms with Gasteiger partial charge in [0.05, 0.1) is 5.02 Å². The van der Waals surface area contributed by atoms with Crippen LogP contribution in [0.4, 0.5) is 4.39 Å². The molecule has 0 unspecified atom stereocenters. The quantitative estimate of drug-likeness (QED) is 0.703. The molecule has 0 aliphatic rings. The summed E-state index contributed by atoms with van der Waals surface area (Å²) in [5, 5.41) is 0.141. The number of benzene rings is 1. The zero-order chi connectivity index (χ0) is 9.14. The van der Waals surface area contributed by atoms with Crippen molar-refractivity contribution in [3.8, 4) is 0 Å². The molecule has 0 aliphatic carbocycles. The van der Waals surface area contributed by atoms with E-state index in [-0.39, 0.29) is 5.02 Å². The Morgan fingerprint density at radius 2 is 2.25 bits per heavy atom. The molecule has 0 nitrogen and oxygen atoms in total. The molecular formula is C9H8ClFS. The third kappa shape index (κ3) is 2.02. The normalized spacial score (nSPS) is 9.92. The lowest BCUT2D eigenvalue weighted by molar-refractivity contribution is 0.628. The molecule has 1 aromatic carbocycles. The number of rotatable bonds is 2. The Kier molecular flexibility index (Phi) is 3.18. The van der Waals surface area contributed by atoms with E-state index in [4.69, 9.17) is 11.6 Å². The average Bonchev–Trinajstić information content (AvgIpc) is 2.08. The van der Waals surface area contributed by atoms with Gasteiger partial charge >= 0.3 is 0 Å². The van der Waals surface area contributed by atoms with Crippen LogP contribution in [-0.2, 0) is 0 Å². The summed E-state index contributed by atoms with van der Waals surface area (Å²) < 4.78 is 12.7. The van der Waals surface area contributed by atoms with E-state index in [1.807, 2.05) is 6.26 Å². The van der Waals surface area contributed by atoms with Crippen molar-refractivity contribution in [2.75, 3.05) is 6.26 Å². The minimum Gasteiger partial charge on any atom is -0.205 e. The Labute approximate surface area is 80.4 Å². The van der Waals surface area contributed by atoms with E-state index in [0.29, 0.717) is 0 Å². The zero-order valence-corrected chi connectivity index (χ0v) is 8.18. The molecule has 0 saturated heterocycles. The largest absolute Gasteiger partial charge is 0.205 e. The first-order chi connectivity index (χ1) is 5.65. The molecule has 1 rings (SSSR count). The summed E-state index contributed by atoms with van der Waals surface area (Å²) in [6.07, 6.45) is 1.92. The van der Waals surface area contributed by atoms with Crippen LogP contribution in [0.15, 0.2) is 24.8 Å². The van der Waals surface area contributed by atoms with Crippen molar-refractivity contribution < 1.29 is 4.39 Å². The van der Waals surface area contributed by atoms with Crippen molar-refractivity contribution in [1.82, 2.24) is 0 Å². The topological polar surface area (TPSA) is 0 Å². The molecule has 12 heavy (non-hydrogen) atoms.